The van der Waals surface area contributed by atoms with Gasteiger partial charge in [-0.15, -0.1) is 0 Å². The molecular weight excluding hydrogens is 517 g/mol. The Morgan fingerprint density at radius 3 is 2.40 bits per heavy atom. The first-order valence-electron chi connectivity index (χ1n) is 13.3. The Bertz CT molecular complexity index is 1510. The number of piperazine rings is 1. The first-order valence-corrected chi connectivity index (χ1v) is 13.3. The molecule has 5 rings (SSSR count). The van der Waals surface area contributed by atoms with Gasteiger partial charge >= 0.3 is 0 Å². The number of carbonyl (C=O) groups is 1. The van der Waals surface area contributed by atoms with Crippen LogP contribution in [0.5, 0.6) is 0 Å². The number of alkyl halides is 1. The van der Waals surface area contributed by atoms with E-state index in [4.69, 9.17) is 0 Å². The Balaban J connectivity index is 1.43. The standard InChI is InChI=1S/C30H33F3N6O/c1-30(2,20-14-21(32)17-22(33)15-20)19-4-7-26-25(16-19)28(37-36-26)35-29(40)24-6-5-23(18-27(24)34-9-8-31)39-12-10-38(3)11-13-39/h4-7,14-18,34H,8-13H2,1-3H3,(H2,35,36,37,40). The van der Waals surface area contributed by atoms with Crippen molar-refractivity contribution < 1.29 is 18.0 Å². The maximum atomic E-state index is 14.0. The predicted molar refractivity (Wildman–Crippen MR) is 153 cm³/mol. The molecule has 1 aliphatic heterocycles. The fraction of sp³-hybridized carbons (Fsp3) is 0.333. The zero-order chi connectivity index (χ0) is 28.4. The van der Waals surface area contributed by atoms with E-state index in [1.54, 1.807) is 6.07 Å². The largest absolute Gasteiger partial charge is 0.382 e. The van der Waals surface area contributed by atoms with Gasteiger partial charge in [0.25, 0.3) is 5.91 Å². The van der Waals surface area contributed by atoms with E-state index in [0.29, 0.717) is 33.5 Å². The van der Waals surface area contributed by atoms with E-state index >= 15 is 0 Å². The molecule has 1 saturated heterocycles. The van der Waals surface area contributed by atoms with Crippen LogP contribution in [0.2, 0.25) is 0 Å². The number of carbonyl (C=O) groups excluding carboxylic acids is 1. The molecular formula is C30H33F3N6O. The second-order valence-electron chi connectivity index (χ2n) is 10.7. The van der Waals surface area contributed by atoms with Crippen molar-refractivity contribution in [1.29, 1.82) is 0 Å². The summed E-state index contributed by atoms with van der Waals surface area (Å²) in [6.45, 7) is 6.88. The van der Waals surface area contributed by atoms with Crippen molar-refractivity contribution in [2.75, 3.05) is 62.0 Å². The van der Waals surface area contributed by atoms with Crippen molar-refractivity contribution >= 4 is 34.0 Å². The molecule has 1 aliphatic rings. The molecule has 0 atom stereocenters. The van der Waals surface area contributed by atoms with Crippen LogP contribution >= 0.6 is 0 Å². The average molecular weight is 551 g/mol. The molecule has 7 nitrogen and oxygen atoms in total. The summed E-state index contributed by atoms with van der Waals surface area (Å²) in [7, 11) is 2.09. The third-order valence-corrected chi connectivity index (χ3v) is 7.63. The number of likely N-dealkylation sites (N-methyl/N-ethyl adjacent to an activating group) is 1. The highest BCUT2D eigenvalue weighted by atomic mass is 19.1. The first-order chi connectivity index (χ1) is 19.2. The number of nitrogens with one attached hydrogen (secondary N) is 3. The minimum absolute atomic E-state index is 0.0803. The van der Waals surface area contributed by atoms with Crippen LogP contribution in [0.1, 0.15) is 35.3 Å². The number of aromatic amines is 1. The van der Waals surface area contributed by atoms with Gasteiger partial charge in [-0.05, 0) is 60.6 Å². The highest BCUT2D eigenvalue weighted by molar-refractivity contribution is 6.11. The molecule has 1 fully saturated rings. The van der Waals surface area contributed by atoms with Crippen LogP contribution in [-0.4, -0.2) is 67.5 Å². The third-order valence-electron chi connectivity index (χ3n) is 7.63. The minimum Gasteiger partial charge on any atom is -0.382 e. The lowest BCUT2D eigenvalue weighted by Gasteiger charge is -2.34. The maximum absolute atomic E-state index is 14.0. The molecule has 4 aromatic rings. The molecule has 40 heavy (non-hydrogen) atoms. The van der Waals surface area contributed by atoms with Gasteiger partial charge in [0.15, 0.2) is 5.82 Å². The number of hydrogen-bond donors (Lipinski definition) is 3. The van der Waals surface area contributed by atoms with Gasteiger partial charge in [0.1, 0.15) is 18.3 Å². The van der Waals surface area contributed by atoms with Crippen molar-refractivity contribution in [2.24, 2.45) is 0 Å². The van der Waals surface area contributed by atoms with Crippen LogP contribution < -0.4 is 15.5 Å². The molecule has 3 aromatic carbocycles. The lowest BCUT2D eigenvalue weighted by atomic mass is 9.78. The average Bonchev–Trinajstić information content (AvgIpc) is 3.33. The van der Waals surface area contributed by atoms with E-state index in [-0.39, 0.29) is 6.54 Å². The van der Waals surface area contributed by atoms with Crippen molar-refractivity contribution in [3.8, 4) is 0 Å². The van der Waals surface area contributed by atoms with Crippen molar-refractivity contribution in [1.82, 2.24) is 15.1 Å². The molecule has 0 bridgehead atoms. The first kappa shape index (κ1) is 27.5. The molecule has 0 unspecified atom stereocenters. The number of benzene rings is 3. The number of fused-ring (bicyclic) bond motifs is 1. The summed E-state index contributed by atoms with van der Waals surface area (Å²) < 4.78 is 41.0. The van der Waals surface area contributed by atoms with Crippen LogP contribution in [0.15, 0.2) is 54.6 Å². The molecule has 0 saturated carbocycles. The van der Waals surface area contributed by atoms with E-state index in [0.717, 1.165) is 43.5 Å². The lowest BCUT2D eigenvalue weighted by Crippen LogP contribution is -2.44. The number of aromatic nitrogens is 2. The molecule has 0 radical (unpaired) electrons. The lowest BCUT2D eigenvalue weighted by molar-refractivity contribution is 0.102. The zero-order valence-corrected chi connectivity index (χ0v) is 22.8. The summed E-state index contributed by atoms with van der Waals surface area (Å²) in [5.41, 5.74) is 3.14. The molecule has 2 heterocycles. The number of rotatable bonds is 8. The van der Waals surface area contributed by atoms with Crippen LogP contribution in [0.25, 0.3) is 10.9 Å². The van der Waals surface area contributed by atoms with Gasteiger partial charge < -0.3 is 20.4 Å². The monoisotopic (exact) mass is 550 g/mol. The fourth-order valence-corrected chi connectivity index (χ4v) is 5.07. The van der Waals surface area contributed by atoms with Gasteiger partial charge in [-0.1, -0.05) is 19.9 Å². The zero-order valence-electron chi connectivity index (χ0n) is 22.8. The van der Waals surface area contributed by atoms with Crippen LogP contribution in [-0.2, 0) is 5.41 Å². The minimum atomic E-state index is -0.724. The smallest absolute Gasteiger partial charge is 0.258 e. The van der Waals surface area contributed by atoms with Gasteiger partial charge in [0.2, 0.25) is 0 Å². The predicted octanol–water partition coefficient (Wildman–Crippen LogP) is 5.55. The molecule has 0 spiro atoms. The van der Waals surface area contributed by atoms with E-state index < -0.39 is 29.6 Å². The molecule has 210 valence electrons. The van der Waals surface area contributed by atoms with Gasteiger partial charge in [-0.2, -0.15) is 5.10 Å². The van der Waals surface area contributed by atoms with Crippen molar-refractivity contribution in [2.45, 2.75) is 19.3 Å². The van der Waals surface area contributed by atoms with Crippen LogP contribution in [0.3, 0.4) is 0 Å². The van der Waals surface area contributed by atoms with Gasteiger partial charge in [-0.25, -0.2) is 13.2 Å². The Hall–Kier alpha value is -4.05. The Labute approximate surface area is 231 Å². The molecule has 0 aliphatic carbocycles. The maximum Gasteiger partial charge on any atom is 0.258 e. The summed E-state index contributed by atoms with van der Waals surface area (Å²) in [5.74, 6) is -1.35. The Morgan fingerprint density at radius 1 is 0.975 bits per heavy atom. The van der Waals surface area contributed by atoms with E-state index in [1.165, 1.54) is 12.1 Å². The molecule has 1 amide bonds. The summed E-state index contributed by atoms with van der Waals surface area (Å²) >= 11 is 0. The number of H-pyrrole nitrogens is 1. The molecule has 10 heteroatoms. The second-order valence-corrected chi connectivity index (χ2v) is 10.7. The molecule has 3 N–H and O–H groups in total. The quantitative estimate of drug-likeness (QED) is 0.268. The summed E-state index contributed by atoms with van der Waals surface area (Å²) in [4.78, 5) is 18.0. The van der Waals surface area contributed by atoms with E-state index in [9.17, 15) is 18.0 Å². The van der Waals surface area contributed by atoms with Crippen LogP contribution in [0, 0.1) is 11.6 Å². The van der Waals surface area contributed by atoms with E-state index in [2.05, 4.69) is 37.7 Å². The summed E-state index contributed by atoms with van der Waals surface area (Å²) in [6.07, 6.45) is 0. The van der Waals surface area contributed by atoms with Crippen molar-refractivity contribution in [3.63, 3.8) is 0 Å². The van der Waals surface area contributed by atoms with Gasteiger partial charge in [0.05, 0.1) is 11.1 Å². The molecule has 1 aromatic heterocycles. The van der Waals surface area contributed by atoms with E-state index in [1.807, 2.05) is 44.2 Å². The van der Waals surface area contributed by atoms with Crippen LogP contribution in [0.4, 0.5) is 30.4 Å². The fourth-order valence-electron chi connectivity index (χ4n) is 5.07. The Morgan fingerprint density at radius 2 is 1.70 bits per heavy atom. The normalized spacial score (nSPS) is 14.5. The highest BCUT2D eigenvalue weighted by Gasteiger charge is 2.26. The second kappa shape index (κ2) is 11.2. The number of nitrogens with zero attached hydrogens (tertiary/aromatic N) is 3. The number of anilines is 3. The highest BCUT2D eigenvalue weighted by Crippen LogP contribution is 2.35. The van der Waals surface area contributed by atoms with Gasteiger partial charge in [-0.3, -0.25) is 9.89 Å². The SMILES string of the molecule is CN1CCN(c2ccc(C(=O)Nc3n[nH]c4ccc(C(C)(C)c5cc(F)cc(F)c5)cc34)c(NCCF)c2)CC1. The Kier molecular flexibility index (Phi) is 7.71. The van der Waals surface area contributed by atoms with Crippen molar-refractivity contribution in [3.05, 3.63) is 82.9 Å². The number of hydrogen-bond acceptors (Lipinski definition) is 5. The third kappa shape index (κ3) is 5.62. The topological polar surface area (TPSA) is 76.3 Å². The number of halogens is 3. The summed E-state index contributed by atoms with van der Waals surface area (Å²) in [5, 5.41) is 13.8. The number of amides is 1. The summed E-state index contributed by atoms with van der Waals surface area (Å²) in [6, 6.07) is 14.6. The van der Waals surface area contributed by atoms with Gasteiger partial charge in [0, 0.05) is 61.0 Å².